The van der Waals surface area contributed by atoms with E-state index in [1.807, 2.05) is 0 Å². The molecule has 2 nitrogen and oxygen atoms in total. The Morgan fingerprint density at radius 2 is 1.94 bits per heavy atom. The number of aromatic nitrogens is 2. The second-order valence-corrected chi connectivity index (χ2v) is 3.90. The van der Waals surface area contributed by atoms with Gasteiger partial charge in [-0.2, -0.15) is 13.2 Å². The topological polar surface area (TPSA) is 28.7 Å². The first-order valence-corrected chi connectivity index (χ1v) is 5.20. The van der Waals surface area contributed by atoms with Crippen LogP contribution in [-0.2, 0) is 6.18 Å². The summed E-state index contributed by atoms with van der Waals surface area (Å²) in [5, 5.41) is 0. The molecule has 0 bridgehead atoms. The number of benzene rings is 1. The quantitative estimate of drug-likeness (QED) is 0.629. The Balaban J connectivity index is 2.54. The molecule has 1 aromatic carbocycles. The number of hydrogen-bond donors (Lipinski definition) is 1. The molecule has 0 spiro atoms. The highest BCUT2D eigenvalue weighted by atomic mass is 32.1. The van der Waals surface area contributed by atoms with Crippen LogP contribution in [0, 0.1) is 10.5 Å². The predicted octanol–water partition coefficient (Wildman–Crippen LogP) is 3.96. The molecule has 0 unspecified atom stereocenters. The highest BCUT2D eigenvalue weighted by Gasteiger charge is 2.33. The van der Waals surface area contributed by atoms with Gasteiger partial charge in [0.25, 0.3) is 0 Å². The smallest absolute Gasteiger partial charge is 0.337 e. The van der Waals surface area contributed by atoms with Gasteiger partial charge in [0, 0.05) is 11.8 Å². The van der Waals surface area contributed by atoms with E-state index in [1.54, 1.807) is 0 Å². The van der Waals surface area contributed by atoms with E-state index in [0.717, 1.165) is 12.1 Å². The third-order valence-electron chi connectivity index (χ3n) is 2.30. The van der Waals surface area contributed by atoms with Gasteiger partial charge in [-0.3, -0.25) is 0 Å². The summed E-state index contributed by atoms with van der Waals surface area (Å²) in [6.45, 7) is 0. The van der Waals surface area contributed by atoms with Crippen LogP contribution in [-0.4, -0.2) is 9.97 Å². The molecule has 0 saturated heterocycles. The van der Waals surface area contributed by atoms with Crippen LogP contribution in [0.5, 0.6) is 0 Å². The fourth-order valence-corrected chi connectivity index (χ4v) is 1.69. The minimum Gasteiger partial charge on any atom is -0.337 e. The second-order valence-electron chi connectivity index (χ2n) is 3.49. The number of rotatable bonds is 1. The van der Waals surface area contributed by atoms with Gasteiger partial charge in [0.15, 0.2) is 0 Å². The Kier molecular flexibility index (Phi) is 3.16. The molecule has 0 atom stereocenters. The van der Waals surface area contributed by atoms with Crippen LogP contribution in [0.15, 0.2) is 30.7 Å². The highest BCUT2D eigenvalue weighted by Crippen LogP contribution is 2.33. The number of nitrogens with zero attached hydrogens (tertiary/aromatic N) is 1. The summed E-state index contributed by atoms with van der Waals surface area (Å²) in [6.07, 6.45) is -2.01. The molecule has 0 aliphatic carbocycles. The number of nitrogens with one attached hydrogen (secondary N) is 1. The van der Waals surface area contributed by atoms with Gasteiger partial charge < -0.3 is 4.98 Å². The molecule has 94 valence electrons. The molecule has 2 aromatic rings. The molecule has 18 heavy (non-hydrogen) atoms. The SMILES string of the molecule is Fc1cc(-c2cnc[nH]c2=S)ccc1C(F)(F)F. The molecule has 1 N–H and O–H groups in total. The molecule has 1 heterocycles. The number of aromatic amines is 1. The van der Waals surface area contributed by atoms with Crippen molar-refractivity contribution in [1.82, 2.24) is 9.97 Å². The van der Waals surface area contributed by atoms with Crippen molar-refractivity contribution < 1.29 is 17.6 Å². The molecular formula is C11H6F4N2S. The lowest BCUT2D eigenvalue weighted by molar-refractivity contribution is -0.139. The van der Waals surface area contributed by atoms with Crippen LogP contribution in [0.25, 0.3) is 11.1 Å². The monoisotopic (exact) mass is 274 g/mol. The molecule has 2 rings (SSSR count). The molecule has 0 aliphatic heterocycles. The zero-order valence-electron chi connectivity index (χ0n) is 8.75. The first-order chi connectivity index (χ1) is 8.39. The largest absolute Gasteiger partial charge is 0.419 e. The van der Waals surface area contributed by atoms with E-state index < -0.39 is 17.6 Å². The van der Waals surface area contributed by atoms with Crippen LogP contribution in [0.3, 0.4) is 0 Å². The zero-order chi connectivity index (χ0) is 13.3. The summed E-state index contributed by atoms with van der Waals surface area (Å²) < 4.78 is 50.8. The fraction of sp³-hybridized carbons (Fsp3) is 0.0909. The molecule has 1 aromatic heterocycles. The minimum absolute atomic E-state index is 0.245. The van der Waals surface area contributed by atoms with Crippen LogP contribution in [0.4, 0.5) is 17.6 Å². The van der Waals surface area contributed by atoms with E-state index in [2.05, 4.69) is 9.97 Å². The van der Waals surface area contributed by atoms with Gasteiger partial charge in [-0.15, -0.1) is 0 Å². The molecule has 0 fully saturated rings. The van der Waals surface area contributed by atoms with Crippen molar-refractivity contribution in [1.29, 1.82) is 0 Å². The van der Waals surface area contributed by atoms with Crippen molar-refractivity contribution in [2.24, 2.45) is 0 Å². The van der Waals surface area contributed by atoms with Crippen LogP contribution in [0.1, 0.15) is 5.56 Å². The van der Waals surface area contributed by atoms with Crippen LogP contribution < -0.4 is 0 Å². The van der Waals surface area contributed by atoms with Gasteiger partial charge >= 0.3 is 6.18 Å². The first-order valence-electron chi connectivity index (χ1n) is 4.79. The normalized spacial score (nSPS) is 11.6. The average molecular weight is 274 g/mol. The number of H-pyrrole nitrogens is 1. The van der Waals surface area contributed by atoms with Crippen LogP contribution in [0.2, 0.25) is 0 Å². The average Bonchev–Trinajstić information content (AvgIpc) is 2.27. The summed E-state index contributed by atoms with van der Waals surface area (Å²) in [4.78, 5) is 6.38. The molecular weight excluding hydrogens is 268 g/mol. The van der Waals surface area contributed by atoms with Crippen molar-refractivity contribution in [2.45, 2.75) is 6.18 Å². The van der Waals surface area contributed by atoms with Crippen molar-refractivity contribution >= 4 is 12.2 Å². The molecule has 7 heteroatoms. The molecule has 0 aliphatic rings. The van der Waals surface area contributed by atoms with E-state index in [9.17, 15) is 17.6 Å². The number of hydrogen-bond acceptors (Lipinski definition) is 2. The van der Waals surface area contributed by atoms with E-state index in [1.165, 1.54) is 12.5 Å². The van der Waals surface area contributed by atoms with E-state index in [-0.39, 0.29) is 10.2 Å². The lowest BCUT2D eigenvalue weighted by atomic mass is 10.1. The Labute approximate surface area is 104 Å². The van der Waals surface area contributed by atoms with Gasteiger partial charge in [-0.05, 0) is 17.7 Å². The van der Waals surface area contributed by atoms with E-state index in [4.69, 9.17) is 12.2 Å². The molecule has 0 saturated carbocycles. The van der Waals surface area contributed by atoms with E-state index >= 15 is 0 Å². The summed E-state index contributed by atoms with van der Waals surface area (Å²) in [6, 6.07) is 2.64. The van der Waals surface area contributed by atoms with Gasteiger partial charge in [-0.25, -0.2) is 9.37 Å². The van der Waals surface area contributed by atoms with Gasteiger partial charge in [0.2, 0.25) is 0 Å². The lowest BCUT2D eigenvalue weighted by Gasteiger charge is -2.09. The van der Waals surface area contributed by atoms with Crippen molar-refractivity contribution in [3.05, 3.63) is 46.7 Å². The fourth-order valence-electron chi connectivity index (χ4n) is 1.46. The van der Waals surface area contributed by atoms with E-state index in [0.29, 0.717) is 11.6 Å². The number of alkyl halides is 3. The summed E-state index contributed by atoms with van der Waals surface area (Å²) in [5.74, 6) is -1.33. The Morgan fingerprint density at radius 1 is 1.22 bits per heavy atom. The van der Waals surface area contributed by atoms with Crippen molar-refractivity contribution in [3.63, 3.8) is 0 Å². The zero-order valence-corrected chi connectivity index (χ0v) is 9.57. The maximum atomic E-state index is 13.4. The number of halogens is 4. The first kappa shape index (κ1) is 12.7. The molecule has 0 radical (unpaired) electrons. The lowest BCUT2D eigenvalue weighted by Crippen LogP contribution is -2.07. The Hall–Kier alpha value is -1.76. The third-order valence-corrected chi connectivity index (χ3v) is 2.64. The standard InChI is InChI=1S/C11H6F4N2S/c12-9-3-6(1-2-8(9)11(13,14)15)7-4-16-5-17-10(7)18/h1-5H,(H,16,17,18). The van der Waals surface area contributed by atoms with Crippen molar-refractivity contribution in [3.8, 4) is 11.1 Å². The third kappa shape index (κ3) is 2.40. The van der Waals surface area contributed by atoms with Gasteiger partial charge in [-0.1, -0.05) is 18.3 Å². The minimum atomic E-state index is -4.71. The maximum absolute atomic E-state index is 13.4. The highest BCUT2D eigenvalue weighted by molar-refractivity contribution is 7.71. The maximum Gasteiger partial charge on any atom is 0.419 e. The van der Waals surface area contributed by atoms with Crippen LogP contribution >= 0.6 is 12.2 Å². The molecule has 0 amide bonds. The summed E-state index contributed by atoms with van der Waals surface area (Å²) in [7, 11) is 0. The predicted molar refractivity (Wildman–Crippen MR) is 59.8 cm³/mol. The van der Waals surface area contributed by atoms with Crippen molar-refractivity contribution in [2.75, 3.05) is 0 Å². The van der Waals surface area contributed by atoms with Gasteiger partial charge in [0.1, 0.15) is 10.5 Å². The summed E-state index contributed by atoms with van der Waals surface area (Å²) >= 11 is 4.94. The summed E-state index contributed by atoms with van der Waals surface area (Å²) in [5.41, 5.74) is -0.681. The Morgan fingerprint density at radius 3 is 2.50 bits per heavy atom. The van der Waals surface area contributed by atoms with Gasteiger partial charge in [0.05, 0.1) is 11.9 Å². The Bertz CT molecular complexity index is 633. The second kappa shape index (κ2) is 4.49.